The first-order valence-corrected chi connectivity index (χ1v) is 6.50. The first-order valence-electron chi connectivity index (χ1n) is 6.50. The fraction of sp³-hybridized carbons (Fsp3) is 1.00. The molecule has 0 aromatic carbocycles. The fourth-order valence-corrected chi connectivity index (χ4v) is 1.88. The maximum Gasteiger partial charge on any atom is 0.00668 e. The van der Waals surface area contributed by atoms with Gasteiger partial charge in [0.25, 0.3) is 0 Å². The third-order valence-corrected chi connectivity index (χ3v) is 2.93. The molecule has 15 heavy (non-hydrogen) atoms. The van der Waals surface area contributed by atoms with E-state index in [1.807, 2.05) is 0 Å². The Labute approximate surface area is 96.4 Å². The molecule has 0 aliphatic carbocycles. The van der Waals surface area contributed by atoms with E-state index in [0.717, 1.165) is 6.04 Å². The highest BCUT2D eigenvalue weighted by Crippen LogP contribution is 2.09. The molecule has 0 rings (SSSR count). The lowest BCUT2D eigenvalue weighted by atomic mass is 10.1. The van der Waals surface area contributed by atoms with Crippen molar-refractivity contribution in [2.45, 2.75) is 72.3 Å². The zero-order chi connectivity index (χ0) is 10.8. The second kappa shape index (κ2) is 12.0. The monoisotopic (exact) mass is 217 g/mol. The molecule has 1 unspecified atom stereocenters. The van der Waals surface area contributed by atoms with Crippen molar-refractivity contribution in [1.29, 1.82) is 0 Å². The highest BCUT2D eigenvalue weighted by atomic mass is 16.0. The first-order chi connectivity index (χ1) is 6.76. The van der Waals surface area contributed by atoms with E-state index in [4.69, 9.17) is 0 Å². The van der Waals surface area contributed by atoms with Gasteiger partial charge in [-0.05, 0) is 39.3 Å². The highest BCUT2D eigenvalue weighted by Gasteiger charge is 2.11. The molecule has 94 valence electrons. The summed E-state index contributed by atoms with van der Waals surface area (Å²) >= 11 is 0. The van der Waals surface area contributed by atoms with E-state index in [1.54, 1.807) is 0 Å². The summed E-state index contributed by atoms with van der Waals surface area (Å²) in [5, 5.41) is 0. The summed E-state index contributed by atoms with van der Waals surface area (Å²) in [7, 11) is 0. The van der Waals surface area contributed by atoms with Crippen LogP contribution in [-0.2, 0) is 0 Å². The van der Waals surface area contributed by atoms with E-state index in [9.17, 15) is 0 Å². The van der Waals surface area contributed by atoms with Gasteiger partial charge in [-0.3, -0.25) is 0 Å². The molecule has 0 fully saturated rings. The number of hydrogen-bond donors (Lipinski definition) is 0. The Kier molecular flexibility index (Phi) is 13.8. The average Bonchev–Trinajstić information content (AvgIpc) is 2.18. The number of unbranched alkanes of at least 4 members (excludes halogenated alkanes) is 2. The SMILES string of the molecule is CCCCN(CCCC)C(C)CCC.O. The molecule has 0 radical (unpaired) electrons. The molecule has 0 aliphatic heterocycles. The van der Waals surface area contributed by atoms with Gasteiger partial charge in [-0.1, -0.05) is 40.0 Å². The molecule has 1 atom stereocenters. The minimum absolute atomic E-state index is 0. The number of hydrogen-bond acceptors (Lipinski definition) is 1. The summed E-state index contributed by atoms with van der Waals surface area (Å²) in [6.07, 6.45) is 8.03. The summed E-state index contributed by atoms with van der Waals surface area (Å²) < 4.78 is 0. The van der Waals surface area contributed by atoms with Crippen molar-refractivity contribution in [3.8, 4) is 0 Å². The Hall–Kier alpha value is -0.0800. The van der Waals surface area contributed by atoms with Gasteiger partial charge in [0.05, 0.1) is 0 Å². The Balaban J connectivity index is 0. The van der Waals surface area contributed by atoms with Gasteiger partial charge < -0.3 is 10.4 Å². The van der Waals surface area contributed by atoms with Crippen molar-refractivity contribution in [3.63, 3.8) is 0 Å². The maximum absolute atomic E-state index is 2.68. The van der Waals surface area contributed by atoms with Crippen LogP contribution in [0.1, 0.15) is 66.2 Å². The predicted molar refractivity (Wildman–Crippen MR) is 69.4 cm³/mol. The van der Waals surface area contributed by atoms with Crippen molar-refractivity contribution in [1.82, 2.24) is 4.90 Å². The molecule has 0 aromatic heterocycles. The fourth-order valence-electron chi connectivity index (χ4n) is 1.88. The first kappa shape index (κ1) is 17.3. The Morgan fingerprint density at radius 3 is 1.67 bits per heavy atom. The molecule has 2 nitrogen and oxygen atoms in total. The quantitative estimate of drug-likeness (QED) is 0.584. The molecule has 2 N–H and O–H groups in total. The lowest BCUT2D eigenvalue weighted by Crippen LogP contribution is -2.34. The van der Waals surface area contributed by atoms with Crippen molar-refractivity contribution < 1.29 is 5.48 Å². The van der Waals surface area contributed by atoms with E-state index in [0.29, 0.717) is 0 Å². The van der Waals surface area contributed by atoms with Crippen LogP contribution < -0.4 is 0 Å². The van der Waals surface area contributed by atoms with Crippen molar-refractivity contribution in [2.24, 2.45) is 0 Å². The second-order valence-electron chi connectivity index (χ2n) is 4.38. The predicted octanol–water partition coefficient (Wildman–Crippen LogP) is 3.25. The number of rotatable bonds is 9. The van der Waals surface area contributed by atoms with Gasteiger partial charge in [-0.25, -0.2) is 0 Å². The molecule has 0 heterocycles. The highest BCUT2D eigenvalue weighted by molar-refractivity contribution is 4.66. The number of nitrogens with zero attached hydrogens (tertiary/aromatic N) is 1. The maximum atomic E-state index is 2.68. The van der Waals surface area contributed by atoms with Crippen LogP contribution in [0.25, 0.3) is 0 Å². The van der Waals surface area contributed by atoms with E-state index in [1.165, 1.54) is 51.6 Å². The Morgan fingerprint density at radius 1 is 0.867 bits per heavy atom. The van der Waals surface area contributed by atoms with Crippen LogP contribution in [-0.4, -0.2) is 29.5 Å². The Bertz CT molecular complexity index is 109. The van der Waals surface area contributed by atoms with Crippen LogP contribution in [0, 0.1) is 0 Å². The smallest absolute Gasteiger partial charge is 0.00668 e. The molecule has 0 aliphatic rings. The second-order valence-corrected chi connectivity index (χ2v) is 4.38. The minimum Gasteiger partial charge on any atom is -0.412 e. The van der Waals surface area contributed by atoms with Crippen LogP contribution in [0.2, 0.25) is 0 Å². The topological polar surface area (TPSA) is 34.7 Å². The zero-order valence-electron chi connectivity index (χ0n) is 11.2. The van der Waals surface area contributed by atoms with Gasteiger partial charge in [0.2, 0.25) is 0 Å². The van der Waals surface area contributed by atoms with Crippen LogP contribution in [0.15, 0.2) is 0 Å². The van der Waals surface area contributed by atoms with Crippen LogP contribution in [0.5, 0.6) is 0 Å². The van der Waals surface area contributed by atoms with Crippen molar-refractivity contribution in [3.05, 3.63) is 0 Å². The summed E-state index contributed by atoms with van der Waals surface area (Å²) in [5.41, 5.74) is 0. The van der Waals surface area contributed by atoms with Crippen LogP contribution >= 0.6 is 0 Å². The van der Waals surface area contributed by atoms with Gasteiger partial charge in [-0.2, -0.15) is 0 Å². The van der Waals surface area contributed by atoms with E-state index >= 15 is 0 Å². The summed E-state index contributed by atoms with van der Waals surface area (Å²) in [6.45, 7) is 11.8. The third kappa shape index (κ3) is 8.88. The molecule has 0 saturated carbocycles. The van der Waals surface area contributed by atoms with Crippen molar-refractivity contribution >= 4 is 0 Å². The molecule has 2 heteroatoms. The largest absolute Gasteiger partial charge is 0.412 e. The van der Waals surface area contributed by atoms with E-state index in [2.05, 4.69) is 32.6 Å². The third-order valence-electron chi connectivity index (χ3n) is 2.93. The Morgan fingerprint density at radius 2 is 1.33 bits per heavy atom. The van der Waals surface area contributed by atoms with Gasteiger partial charge in [0, 0.05) is 6.04 Å². The molecule has 0 saturated heterocycles. The van der Waals surface area contributed by atoms with Gasteiger partial charge >= 0.3 is 0 Å². The van der Waals surface area contributed by atoms with Gasteiger partial charge in [-0.15, -0.1) is 0 Å². The van der Waals surface area contributed by atoms with Crippen LogP contribution in [0.3, 0.4) is 0 Å². The summed E-state index contributed by atoms with van der Waals surface area (Å²) in [6, 6.07) is 0.790. The van der Waals surface area contributed by atoms with Crippen LogP contribution in [0.4, 0.5) is 0 Å². The molecule has 0 spiro atoms. The normalized spacial score (nSPS) is 12.6. The average molecular weight is 217 g/mol. The van der Waals surface area contributed by atoms with Gasteiger partial charge in [0.15, 0.2) is 0 Å². The minimum atomic E-state index is 0. The molecule has 0 amide bonds. The molecular weight excluding hydrogens is 186 g/mol. The summed E-state index contributed by atoms with van der Waals surface area (Å²) in [4.78, 5) is 2.68. The van der Waals surface area contributed by atoms with Crippen molar-refractivity contribution in [2.75, 3.05) is 13.1 Å². The lowest BCUT2D eigenvalue weighted by Gasteiger charge is -2.28. The summed E-state index contributed by atoms with van der Waals surface area (Å²) in [5.74, 6) is 0. The van der Waals surface area contributed by atoms with E-state index < -0.39 is 0 Å². The molecular formula is C13H31NO. The van der Waals surface area contributed by atoms with Gasteiger partial charge in [0.1, 0.15) is 0 Å². The lowest BCUT2D eigenvalue weighted by molar-refractivity contribution is 0.193. The zero-order valence-corrected chi connectivity index (χ0v) is 11.2. The molecule has 0 bridgehead atoms. The molecule has 0 aromatic rings. The standard InChI is InChI=1S/C13H29N.H2O/c1-5-8-11-14(12-9-6-2)13(4)10-7-3;/h13H,5-12H2,1-4H3;1H2. The van der Waals surface area contributed by atoms with E-state index in [-0.39, 0.29) is 5.48 Å².